The number of rotatable bonds is 4. The lowest BCUT2D eigenvalue weighted by Gasteiger charge is -2.31. The van der Waals surface area contributed by atoms with Gasteiger partial charge >= 0.3 is 0 Å². The maximum Gasteiger partial charge on any atom is 0.249 e. The molecule has 3 amide bonds. The Morgan fingerprint density at radius 3 is 2.81 bits per heavy atom. The number of carbonyl (C=O) groups excluding carboxylic acids is 3. The fraction of sp³-hybridized carbons (Fsp3) is 0.700. The van der Waals surface area contributed by atoms with Crippen molar-refractivity contribution in [1.82, 2.24) is 10.2 Å². The van der Waals surface area contributed by atoms with Crippen molar-refractivity contribution in [3.63, 3.8) is 0 Å². The van der Waals surface area contributed by atoms with Crippen molar-refractivity contribution in [2.24, 2.45) is 0 Å². The predicted octanol–water partition coefficient (Wildman–Crippen LogP) is 0.425. The third kappa shape index (κ3) is 3.30. The zero-order chi connectivity index (χ0) is 12.1. The second kappa shape index (κ2) is 5.98. The number of hydrogen-bond acceptors (Lipinski definition) is 3. The normalized spacial score (nSPS) is 20.9. The molecular weight excluding hydrogens is 276 g/mol. The van der Waals surface area contributed by atoms with Crippen molar-refractivity contribution in [2.45, 2.75) is 32.2 Å². The maximum atomic E-state index is 11.8. The molecule has 1 rings (SSSR count). The van der Waals surface area contributed by atoms with E-state index in [9.17, 15) is 14.4 Å². The fourth-order valence-corrected chi connectivity index (χ4v) is 1.93. The summed E-state index contributed by atoms with van der Waals surface area (Å²) >= 11 is 3.28. The van der Waals surface area contributed by atoms with Crippen molar-refractivity contribution in [3.8, 4) is 0 Å². The van der Waals surface area contributed by atoms with Gasteiger partial charge < -0.3 is 4.90 Å². The van der Waals surface area contributed by atoms with E-state index in [1.54, 1.807) is 6.92 Å². The second-order valence-corrected chi connectivity index (χ2v) is 4.55. The number of alkyl halides is 1. The van der Waals surface area contributed by atoms with Crippen molar-refractivity contribution < 1.29 is 14.4 Å². The number of halogens is 1. The topological polar surface area (TPSA) is 66.5 Å². The molecule has 0 aromatic rings. The van der Waals surface area contributed by atoms with Crippen LogP contribution in [0.2, 0.25) is 0 Å². The molecule has 1 unspecified atom stereocenters. The molecule has 5 nitrogen and oxygen atoms in total. The van der Waals surface area contributed by atoms with Gasteiger partial charge in [0.2, 0.25) is 17.7 Å². The first kappa shape index (κ1) is 13.2. The highest BCUT2D eigenvalue weighted by Gasteiger charge is 2.32. The minimum atomic E-state index is -0.547. The quantitative estimate of drug-likeness (QED) is 0.464. The monoisotopic (exact) mass is 290 g/mol. The molecule has 1 aliphatic rings. The number of amides is 3. The lowest BCUT2D eigenvalue weighted by molar-refractivity contribution is -0.149. The van der Waals surface area contributed by atoms with Gasteiger partial charge in [-0.3, -0.25) is 19.7 Å². The predicted molar refractivity (Wildman–Crippen MR) is 62.0 cm³/mol. The van der Waals surface area contributed by atoms with Gasteiger partial charge in [-0.2, -0.15) is 0 Å². The van der Waals surface area contributed by atoms with E-state index < -0.39 is 17.9 Å². The van der Waals surface area contributed by atoms with E-state index in [1.165, 1.54) is 4.90 Å². The summed E-state index contributed by atoms with van der Waals surface area (Å²) in [5, 5.41) is 3.06. The SMILES string of the molecule is CC1C(=O)NC(=O)CN1C(=O)CCCCBr. The first-order valence-electron chi connectivity index (χ1n) is 5.25. The highest BCUT2D eigenvalue weighted by molar-refractivity contribution is 9.09. The summed E-state index contributed by atoms with van der Waals surface area (Å²) in [7, 11) is 0. The molecule has 0 radical (unpaired) electrons. The molecule has 90 valence electrons. The third-order valence-corrected chi connectivity index (χ3v) is 3.08. The molecule has 1 heterocycles. The molecule has 0 aromatic carbocycles. The van der Waals surface area contributed by atoms with Crippen LogP contribution in [-0.4, -0.2) is 40.5 Å². The van der Waals surface area contributed by atoms with Crippen LogP contribution in [0.15, 0.2) is 0 Å². The van der Waals surface area contributed by atoms with Gasteiger partial charge in [0.25, 0.3) is 0 Å². The average molecular weight is 291 g/mol. The minimum Gasteiger partial charge on any atom is -0.322 e. The summed E-state index contributed by atoms with van der Waals surface area (Å²) in [5.74, 6) is -0.932. The Morgan fingerprint density at radius 1 is 1.50 bits per heavy atom. The van der Waals surface area contributed by atoms with Crippen LogP contribution in [0.5, 0.6) is 0 Å². The van der Waals surface area contributed by atoms with Gasteiger partial charge in [0, 0.05) is 11.8 Å². The highest BCUT2D eigenvalue weighted by Crippen LogP contribution is 2.09. The Morgan fingerprint density at radius 2 is 2.19 bits per heavy atom. The van der Waals surface area contributed by atoms with Gasteiger partial charge in [-0.25, -0.2) is 0 Å². The van der Waals surface area contributed by atoms with Crippen molar-refractivity contribution in [2.75, 3.05) is 11.9 Å². The summed E-state index contributed by atoms with van der Waals surface area (Å²) in [6.07, 6.45) is 2.06. The standard InChI is InChI=1S/C10H15BrN2O3/c1-7-10(16)12-8(14)6-13(7)9(15)4-2-3-5-11/h7H,2-6H2,1H3,(H,12,14,16). The van der Waals surface area contributed by atoms with Crippen molar-refractivity contribution in [1.29, 1.82) is 0 Å². The minimum absolute atomic E-state index is 0.0138. The van der Waals surface area contributed by atoms with Gasteiger partial charge in [-0.05, 0) is 19.8 Å². The molecule has 1 fully saturated rings. The van der Waals surface area contributed by atoms with Crippen LogP contribution in [0.3, 0.4) is 0 Å². The Kier molecular flexibility index (Phi) is 4.92. The van der Waals surface area contributed by atoms with Crippen molar-refractivity contribution in [3.05, 3.63) is 0 Å². The number of nitrogens with one attached hydrogen (secondary N) is 1. The Bertz CT molecular complexity index is 306. The van der Waals surface area contributed by atoms with Crippen LogP contribution >= 0.6 is 15.9 Å². The number of unbranched alkanes of at least 4 members (excludes halogenated alkanes) is 1. The summed E-state index contributed by atoms with van der Waals surface area (Å²) < 4.78 is 0. The molecular formula is C10H15BrN2O3. The largest absolute Gasteiger partial charge is 0.322 e. The molecule has 0 saturated carbocycles. The lowest BCUT2D eigenvalue weighted by atomic mass is 10.1. The van der Waals surface area contributed by atoms with E-state index in [-0.39, 0.29) is 12.5 Å². The van der Waals surface area contributed by atoms with E-state index in [0.29, 0.717) is 6.42 Å². The zero-order valence-corrected chi connectivity index (χ0v) is 10.7. The number of hydrogen-bond donors (Lipinski definition) is 1. The fourth-order valence-electron chi connectivity index (χ4n) is 1.53. The molecule has 1 aliphatic heterocycles. The summed E-state index contributed by atoms with van der Waals surface area (Å²) in [6, 6.07) is -0.547. The molecule has 1 atom stereocenters. The average Bonchev–Trinajstić information content (AvgIpc) is 2.23. The van der Waals surface area contributed by atoms with Crippen molar-refractivity contribution >= 4 is 33.7 Å². The maximum absolute atomic E-state index is 11.8. The van der Waals surface area contributed by atoms with E-state index in [2.05, 4.69) is 21.2 Å². The molecule has 1 saturated heterocycles. The molecule has 0 spiro atoms. The van der Waals surface area contributed by atoms with Crippen LogP contribution in [0, 0.1) is 0 Å². The van der Waals surface area contributed by atoms with E-state index in [4.69, 9.17) is 0 Å². The molecule has 0 bridgehead atoms. The molecule has 0 aromatic heterocycles. The van der Waals surface area contributed by atoms with Gasteiger partial charge in [0.05, 0.1) is 0 Å². The third-order valence-electron chi connectivity index (χ3n) is 2.52. The molecule has 0 aliphatic carbocycles. The van der Waals surface area contributed by atoms with Gasteiger partial charge in [-0.1, -0.05) is 15.9 Å². The van der Waals surface area contributed by atoms with Gasteiger partial charge in [-0.15, -0.1) is 0 Å². The first-order valence-corrected chi connectivity index (χ1v) is 6.37. The number of piperazine rings is 1. The smallest absolute Gasteiger partial charge is 0.249 e. The van der Waals surface area contributed by atoms with Crippen LogP contribution in [0.1, 0.15) is 26.2 Å². The molecule has 16 heavy (non-hydrogen) atoms. The summed E-state index contributed by atoms with van der Waals surface area (Å²) in [6.45, 7) is 1.62. The van der Waals surface area contributed by atoms with Gasteiger partial charge in [0.1, 0.15) is 12.6 Å². The first-order chi connectivity index (χ1) is 7.56. The molecule has 1 N–H and O–H groups in total. The Hall–Kier alpha value is -0.910. The highest BCUT2D eigenvalue weighted by atomic mass is 79.9. The summed E-state index contributed by atoms with van der Waals surface area (Å²) in [5.41, 5.74) is 0. The van der Waals surface area contributed by atoms with E-state index >= 15 is 0 Å². The summed E-state index contributed by atoms with van der Waals surface area (Å²) in [4.78, 5) is 35.5. The Labute approximate surface area is 103 Å². The second-order valence-electron chi connectivity index (χ2n) is 3.76. The van der Waals surface area contributed by atoms with Crippen LogP contribution < -0.4 is 5.32 Å². The van der Waals surface area contributed by atoms with E-state index in [1.807, 2.05) is 0 Å². The lowest BCUT2D eigenvalue weighted by Crippen LogP contribution is -2.58. The van der Waals surface area contributed by atoms with Crippen LogP contribution in [0.4, 0.5) is 0 Å². The number of nitrogens with zero attached hydrogens (tertiary/aromatic N) is 1. The zero-order valence-electron chi connectivity index (χ0n) is 9.16. The van der Waals surface area contributed by atoms with Gasteiger partial charge in [0.15, 0.2) is 0 Å². The molecule has 6 heteroatoms. The van der Waals surface area contributed by atoms with Crippen LogP contribution in [-0.2, 0) is 14.4 Å². The van der Waals surface area contributed by atoms with E-state index in [0.717, 1.165) is 18.2 Å². The van der Waals surface area contributed by atoms with Crippen LogP contribution in [0.25, 0.3) is 0 Å². The Balaban J connectivity index is 2.53. The number of imide groups is 1. The number of carbonyl (C=O) groups is 3.